The van der Waals surface area contributed by atoms with Gasteiger partial charge in [-0.05, 0) is 30.6 Å². The molecule has 3 unspecified atom stereocenters. The Balaban J connectivity index is 1.96. The third kappa shape index (κ3) is 3.01. The molecule has 2 aliphatic rings. The highest BCUT2D eigenvalue weighted by Gasteiger charge is 2.43. The Morgan fingerprint density at radius 1 is 1.24 bits per heavy atom. The zero-order valence-electron chi connectivity index (χ0n) is 11.5. The van der Waals surface area contributed by atoms with Gasteiger partial charge in [0, 0.05) is 19.4 Å². The van der Waals surface area contributed by atoms with E-state index in [-0.39, 0.29) is 11.9 Å². The van der Waals surface area contributed by atoms with E-state index in [0.29, 0.717) is 18.6 Å². The molecule has 0 bridgehead atoms. The average molecular weight is 241 g/mol. The normalized spacial score (nSPS) is 39.5. The Labute approximate surface area is 105 Å². The van der Waals surface area contributed by atoms with E-state index in [2.05, 4.69) is 20.8 Å². The second-order valence-corrected chi connectivity index (χ2v) is 6.69. The van der Waals surface area contributed by atoms with Crippen LogP contribution in [0.5, 0.6) is 0 Å². The lowest BCUT2D eigenvalue weighted by Crippen LogP contribution is -2.32. The van der Waals surface area contributed by atoms with Gasteiger partial charge in [-0.15, -0.1) is 0 Å². The van der Waals surface area contributed by atoms with Crippen LogP contribution in [0.4, 0.5) is 0 Å². The Bertz CT molecular complexity index is 261. The largest absolute Gasteiger partial charge is 0.347 e. The molecule has 3 atom stereocenters. The van der Waals surface area contributed by atoms with Crippen LogP contribution in [0.25, 0.3) is 0 Å². The summed E-state index contributed by atoms with van der Waals surface area (Å²) in [6, 6.07) is 0. The Morgan fingerprint density at radius 3 is 2.59 bits per heavy atom. The maximum atomic E-state index is 6.03. The van der Waals surface area contributed by atoms with Gasteiger partial charge in [0.15, 0.2) is 5.79 Å². The first-order valence-corrected chi connectivity index (χ1v) is 6.97. The fourth-order valence-corrected chi connectivity index (χ4v) is 3.14. The lowest BCUT2D eigenvalue weighted by Gasteiger charge is -2.30. The summed E-state index contributed by atoms with van der Waals surface area (Å²) in [5, 5.41) is 0. The van der Waals surface area contributed by atoms with Crippen molar-refractivity contribution in [2.45, 2.75) is 64.8 Å². The molecule has 100 valence electrons. The van der Waals surface area contributed by atoms with Crippen molar-refractivity contribution in [3.05, 3.63) is 0 Å². The van der Waals surface area contributed by atoms with Gasteiger partial charge in [-0.2, -0.15) is 0 Å². The van der Waals surface area contributed by atoms with E-state index in [0.717, 1.165) is 18.8 Å². The summed E-state index contributed by atoms with van der Waals surface area (Å²) in [5.41, 5.74) is 6.05. The van der Waals surface area contributed by atoms with Crippen molar-refractivity contribution in [1.29, 1.82) is 0 Å². The molecule has 0 aromatic rings. The molecule has 0 amide bonds. The molecule has 3 nitrogen and oxygen atoms in total. The van der Waals surface area contributed by atoms with Crippen molar-refractivity contribution < 1.29 is 9.47 Å². The van der Waals surface area contributed by atoms with Crippen LogP contribution in [0.2, 0.25) is 0 Å². The smallest absolute Gasteiger partial charge is 0.168 e. The van der Waals surface area contributed by atoms with E-state index in [1.165, 1.54) is 19.3 Å². The predicted octanol–water partition coefficient (Wildman–Crippen LogP) is 2.68. The van der Waals surface area contributed by atoms with Crippen LogP contribution in [-0.4, -0.2) is 25.0 Å². The second-order valence-electron chi connectivity index (χ2n) is 6.69. The van der Waals surface area contributed by atoms with Crippen LogP contribution in [0.1, 0.15) is 52.9 Å². The van der Waals surface area contributed by atoms with Gasteiger partial charge in [0.05, 0.1) is 12.7 Å². The van der Waals surface area contributed by atoms with Gasteiger partial charge in [0.25, 0.3) is 0 Å². The molecule has 3 heteroatoms. The summed E-state index contributed by atoms with van der Waals surface area (Å²) in [7, 11) is 0. The monoisotopic (exact) mass is 241 g/mol. The molecule has 1 spiro atoms. The summed E-state index contributed by atoms with van der Waals surface area (Å²) < 4.78 is 12.0. The highest BCUT2D eigenvalue weighted by molar-refractivity contribution is 4.86. The first kappa shape index (κ1) is 13.3. The standard InChI is InChI=1S/C14H27NO2/c1-13(2,3)11-5-4-7-14(8-6-11)16-10-12(9-15)17-14/h11-12H,4-10,15H2,1-3H3. The second kappa shape index (κ2) is 4.87. The molecule has 17 heavy (non-hydrogen) atoms. The summed E-state index contributed by atoms with van der Waals surface area (Å²) in [5.74, 6) is 0.482. The number of nitrogens with two attached hydrogens (primary N) is 1. The Morgan fingerprint density at radius 2 is 2.00 bits per heavy atom. The third-order valence-electron chi connectivity index (χ3n) is 4.39. The maximum absolute atomic E-state index is 6.03. The number of hydrogen-bond acceptors (Lipinski definition) is 3. The summed E-state index contributed by atoms with van der Waals surface area (Å²) in [6.07, 6.45) is 5.90. The number of ether oxygens (including phenoxy) is 2. The van der Waals surface area contributed by atoms with Gasteiger partial charge in [0.1, 0.15) is 0 Å². The molecular formula is C14H27NO2. The molecule has 1 saturated carbocycles. The average Bonchev–Trinajstić information content (AvgIpc) is 2.52. The molecule has 1 aliphatic carbocycles. The lowest BCUT2D eigenvalue weighted by atomic mass is 9.76. The van der Waals surface area contributed by atoms with Crippen molar-refractivity contribution in [2.75, 3.05) is 13.2 Å². The van der Waals surface area contributed by atoms with Crippen LogP contribution >= 0.6 is 0 Å². The van der Waals surface area contributed by atoms with Crippen molar-refractivity contribution in [3.63, 3.8) is 0 Å². The molecule has 1 saturated heterocycles. The molecule has 2 rings (SSSR count). The van der Waals surface area contributed by atoms with Gasteiger partial charge in [0.2, 0.25) is 0 Å². The zero-order chi connectivity index (χ0) is 12.5. The van der Waals surface area contributed by atoms with Crippen LogP contribution in [0.3, 0.4) is 0 Å². The van der Waals surface area contributed by atoms with Crippen LogP contribution < -0.4 is 5.73 Å². The Kier molecular flexibility index (Phi) is 3.81. The van der Waals surface area contributed by atoms with Gasteiger partial charge in [-0.25, -0.2) is 0 Å². The van der Waals surface area contributed by atoms with Gasteiger partial charge < -0.3 is 15.2 Å². The number of rotatable bonds is 1. The molecule has 2 N–H and O–H groups in total. The predicted molar refractivity (Wildman–Crippen MR) is 68.6 cm³/mol. The first-order valence-electron chi connectivity index (χ1n) is 6.97. The maximum Gasteiger partial charge on any atom is 0.168 e. The van der Waals surface area contributed by atoms with E-state index in [1.807, 2.05) is 0 Å². The highest BCUT2D eigenvalue weighted by Crippen LogP contribution is 2.43. The zero-order valence-corrected chi connectivity index (χ0v) is 11.5. The third-order valence-corrected chi connectivity index (χ3v) is 4.39. The Hall–Kier alpha value is -0.120. The van der Waals surface area contributed by atoms with Gasteiger partial charge >= 0.3 is 0 Å². The fourth-order valence-electron chi connectivity index (χ4n) is 3.14. The minimum Gasteiger partial charge on any atom is -0.347 e. The summed E-state index contributed by atoms with van der Waals surface area (Å²) in [4.78, 5) is 0. The van der Waals surface area contributed by atoms with E-state index in [1.54, 1.807) is 0 Å². The van der Waals surface area contributed by atoms with Crippen LogP contribution in [-0.2, 0) is 9.47 Å². The highest BCUT2D eigenvalue weighted by atomic mass is 16.7. The molecular weight excluding hydrogens is 214 g/mol. The van der Waals surface area contributed by atoms with Crippen molar-refractivity contribution in [2.24, 2.45) is 17.1 Å². The molecule has 1 aliphatic heterocycles. The minimum atomic E-state index is -0.302. The van der Waals surface area contributed by atoms with Crippen molar-refractivity contribution >= 4 is 0 Å². The van der Waals surface area contributed by atoms with Crippen molar-refractivity contribution in [1.82, 2.24) is 0 Å². The lowest BCUT2D eigenvalue weighted by molar-refractivity contribution is -0.175. The SMILES string of the molecule is CC(C)(C)C1CCCC2(CC1)OCC(CN)O2. The molecule has 0 aromatic carbocycles. The van der Waals surface area contributed by atoms with E-state index >= 15 is 0 Å². The van der Waals surface area contributed by atoms with E-state index in [4.69, 9.17) is 15.2 Å². The molecule has 0 radical (unpaired) electrons. The van der Waals surface area contributed by atoms with Gasteiger partial charge in [-0.3, -0.25) is 0 Å². The molecule has 0 aromatic heterocycles. The molecule has 1 heterocycles. The van der Waals surface area contributed by atoms with Crippen molar-refractivity contribution in [3.8, 4) is 0 Å². The summed E-state index contributed by atoms with van der Waals surface area (Å²) >= 11 is 0. The minimum absolute atomic E-state index is 0.112. The van der Waals surface area contributed by atoms with Crippen LogP contribution in [0.15, 0.2) is 0 Å². The van der Waals surface area contributed by atoms with E-state index in [9.17, 15) is 0 Å². The topological polar surface area (TPSA) is 44.5 Å². The number of hydrogen-bond donors (Lipinski definition) is 1. The first-order chi connectivity index (χ1) is 7.95. The summed E-state index contributed by atoms with van der Waals surface area (Å²) in [6.45, 7) is 8.28. The van der Waals surface area contributed by atoms with Gasteiger partial charge in [-0.1, -0.05) is 20.8 Å². The quantitative estimate of drug-likeness (QED) is 0.767. The van der Waals surface area contributed by atoms with Crippen LogP contribution in [0, 0.1) is 11.3 Å². The van der Waals surface area contributed by atoms with E-state index < -0.39 is 0 Å². The fraction of sp³-hybridized carbons (Fsp3) is 1.00. The molecule has 2 fully saturated rings.